The molecule has 1 saturated heterocycles. The van der Waals surface area contributed by atoms with Crippen LogP contribution in [0.2, 0.25) is 0 Å². The van der Waals surface area contributed by atoms with Crippen LogP contribution >= 0.6 is 11.3 Å². The number of nitrogens with zero attached hydrogens (tertiary/aromatic N) is 1. The molecule has 37 heavy (non-hydrogen) atoms. The van der Waals surface area contributed by atoms with Crippen LogP contribution < -0.4 is 20.3 Å². The average molecular weight is 553 g/mol. The number of hydrogen-bond acceptors (Lipinski definition) is 10. The Morgan fingerprint density at radius 3 is 2.78 bits per heavy atom. The second-order valence-corrected chi connectivity index (χ2v) is 11.1. The zero-order valence-corrected chi connectivity index (χ0v) is 21.9. The molecular formula is C23H28N4O8S2. The van der Waals surface area contributed by atoms with Gasteiger partial charge in [0.15, 0.2) is 0 Å². The third-order valence-electron chi connectivity index (χ3n) is 5.49. The molecule has 1 fully saturated rings. The highest BCUT2D eigenvalue weighted by molar-refractivity contribution is 7.88. The molecule has 0 aliphatic carbocycles. The van der Waals surface area contributed by atoms with E-state index in [4.69, 9.17) is 18.9 Å². The maximum absolute atomic E-state index is 12.7. The first-order valence-electron chi connectivity index (χ1n) is 11.4. The summed E-state index contributed by atoms with van der Waals surface area (Å²) in [5, 5.41) is 4.90. The normalized spacial score (nSPS) is 18.1. The van der Waals surface area contributed by atoms with Crippen LogP contribution in [0.15, 0.2) is 34.4 Å². The lowest BCUT2D eigenvalue weighted by molar-refractivity contribution is -0.150. The van der Waals surface area contributed by atoms with Crippen molar-refractivity contribution < 1.29 is 32.2 Å². The fourth-order valence-corrected chi connectivity index (χ4v) is 5.02. The second kappa shape index (κ2) is 12.1. The van der Waals surface area contributed by atoms with Gasteiger partial charge in [-0.05, 0) is 23.1 Å². The number of methoxy groups -OCH3 is 1. The Kier molecular flexibility index (Phi) is 8.89. The molecule has 2 aromatic heterocycles. The number of hydrogen-bond donors (Lipinski definition) is 3. The smallest absolute Gasteiger partial charge is 0.287 e. The summed E-state index contributed by atoms with van der Waals surface area (Å²) in [6, 6.07) is 7.30. The van der Waals surface area contributed by atoms with Crippen LogP contribution in [0.1, 0.15) is 21.7 Å². The van der Waals surface area contributed by atoms with Crippen molar-refractivity contribution in [2.45, 2.75) is 25.4 Å². The fraction of sp³-hybridized carbons (Fsp3) is 0.435. The first-order valence-corrected chi connectivity index (χ1v) is 14.2. The van der Waals surface area contributed by atoms with Crippen molar-refractivity contribution >= 4 is 37.5 Å². The highest BCUT2D eigenvalue weighted by atomic mass is 32.2. The highest BCUT2D eigenvalue weighted by Gasteiger charge is 2.23. The molecule has 200 valence electrons. The predicted octanol–water partition coefficient (Wildman–Crippen LogP) is 0.773. The van der Waals surface area contributed by atoms with Gasteiger partial charge in [-0.1, -0.05) is 12.1 Å². The molecule has 2 atom stereocenters. The van der Waals surface area contributed by atoms with E-state index in [1.807, 2.05) is 24.3 Å². The van der Waals surface area contributed by atoms with Gasteiger partial charge in [0.2, 0.25) is 15.8 Å². The summed E-state index contributed by atoms with van der Waals surface area (Å²) in [5.74, 6) is 0.122. The molecule has 1 aromatic carbocycles. The van der Waals surface area contributed by atoms with Crippen molar-refractivity contribution in [2.75, 3.05) is 39.7 Å². The number of aromatic nitrogens is 2. The Balaban J connectivity index is 1.29. The third kappa shape index (κ3) is 7.56. The van der Waals surface area contributed by atoms with Gasteiger partial charge in [-0.25, -0.2) is 18.1 Å². The highest BCUT2D eigenvalue weighted by Crippen LogP contribution is 2.22. The van der Waals surface area contributed by atoms with E-state index in [2.05, 4.69) is 20.0 Å². The number of benzene rings is 1. The van der Waals surface area contributed by atoms with Gasteiger partial charge < -0.3 is 29.2 Å². The van der Waals surface area contributed by atoms with E-state index in [9.17, 15) is 18.0 Å². The number of rotatable bonds is 11. The van der Waals surface area contributed by atoms with Crippen LogP contribution in [-0.2, 0) is 37.4 Å². The first kappa shape index (κ1) is 27.2. The summed E-state index contributed by atoms with van der Waals surface area (Å²) in [7, 11) is -1.72. The SMILES string of the molecule is COc1cccc(CNC(=O)c2nc3scc(COCC4COC(CNS(C)(=O)=O)CO4)c3c(=O)[nH]2)c1. The Hall–Kier alpha value is -2.88. The third-order valence-corrected chi connectivity index (χ3v) is 7.10. The van der Waals surface area contributed by atoms with E-state index in [0.29, 0.717) is 21.5 Å². The molecule has 0 saturated carbocycles. The molecule has 0 spiro atoms. The van der Waals surface area contributed by atoms with Crippen molar-refractivity contribution in [1.29, 1.82) is 0 Å². The van der Waals surface area contributed by atoms with Crippen molar-refractivity contribution in [3.63, 3.8) is 0 Å². The summed E-state index contributed by atoms with van der Waals surface area (Å²) in [5.41, 5.74) is 1.08. The van der Waals surface area contributed by atoms with Gasteiger partial charge >= 0.3 is 0 Å². The summed E-state index contributed by atoms with van der Waals surface area (Å²) < 4.78 is 47.0. The Bertz CT molecular complexity index is 1400. The number of carbonyl (C=O) groups excluding carboxylic acids is 1. The topological polar surface area (TPSA) is 158 Å². The van der Waals surface area contributed by atoms with Crippen molar-refractivity contribution in [2.24, 2.45) is 0 Å². The van der Waals surface area contributed by atoms with Crippen molar-refractivity contribution in [3.05, 3.63) is 57.0 Å². The van der Waals surface area contributed by atoms with E-state index in [0.717, 1.165) is 11.8 Å². The minimum Gasteiger partial charge on any atom is -0.497 e. The Morgan fingerprint density at radius 2 is 2.05 bits per heavy atom. The predicted molar refractivity (Wildman–Crippen MR) is 136 cm³/mol. The monoisotopic (exact) mass is 552 g/mol. The van der Waals surface area contributed by atoms with Gasteiger partial charge in [0.25, 0.3) is 11.5 Å². The van der Waals surface area contributed by atoms with E-state index < -0.39 is 21.5 Å². The minimum absolute atomic E-state index is 0.0672. The zero-order chi connectivity index (χ0) is 26.4. The van der Waals surface area contributed by atoms with Crippen LogP contribution in [0.3, 0.4) is 0 Å². The number of H-pyrrole nitrogens is 1. The number of carbonyl (C=O) groups is 1. The molecule has 0 bridgehead atoms. The molecule has 2 unspecified atom stereocenters. The van der Waals surface area contributed by atoms with Gasteiger partial charge in [0.1, 0.15) is 16.7 Å². The van der Waals surface area contributed by atoms with Gasteiger partial charge in [-0.2, -0.15) is 0 Å². The van der Waals surface area contributed by atoms with Gasteiger partial charge in [0.05, 0.1) is 51.3 Å². The number of thiophene rings is 1. The largest absolute Gasteiger partial charge is 0.497 e. The Labute approximate surface area is 217 Å². The maximum atomic E-state index is 12.7. The lowest BCUT2D eigenvalue weighted by Gasteiger charge is -2.29. The van der Waals surface area contributed by atoms with Crippen LogP contribution in [0.5, 0.6) is 5.75 Å². The maximum Gasteiger partial charge on any atom is 0.287 e. The van der Waals surface area contributed by atoms with E-state index in [1.54, 1.807) is 12.5 Å². The van der Waals surface area contributed by atoms with E-state index in [1.165, 1.54) is 11.3 Å². The summed E-state index contributed by atoms with van der Waals surface area (Å²) in [4.78, 5) is 32.6. The minimum atomic E-state index is -3.29. The molecule has 12 nitrogen and oxygen atoms in total. The molecule has 0 radical (unpaired) electrons. The Morgan fingerprint density at radius 1 is 1.27 bits per heavy atom. The fourth-order valence-electron chi connectivity index (χ4n) is 3.61. The number of fused-ring (bicyclic) bond motifs is 1. The average Bonchev–Trinajstić information content (AvgIpc) is 3.30. The summed E-state index contributed by atoms with van der Waals surface area (Å²) in [6.45, 7) is 1.29. The van der Waals surface area contributed by atoms with Crippen LogP contribution in [-0.4, -0.2) is 76.2 Å². The van der Waals surface area contributed by atoms with Crippen molar-refractivity contribution in [1.82, 2.24) is 20.0 Å². The number of aromatic amines is 1. The first-order chi connectivity index (χ1) is 17.7. The van der Waals surface area contributed by atoms with E-state index in [-0.39, 0.29) is 57.5 Å². The second-order valence-electron chi connectivity index (χ2n) is 8.44. The lowest BCUT2D eigenvalue weighted by Crippen LogP contribution is -2.44. The number of sulfonamides is 1. The quantitative estimate of drug-likeness (QED) is 0.312. The molecular weight excluding hydrogens is 524 g/mol. The van der Waals surface area contributed by atoms with E-state index >= 15 is 0 Å². The van der Waals surface area contributed by atoms with Gasteiger partial charge in [-0.3, -0.25) is 9.59 Å². The number of ether oxygens (including phenoxy) is 4. The van der Waals surface area contributed by atoms with Crippen LogP contribution in [0, 0.1) is 0 Å². The zero-order valence-electron chi connectivity index (χ0n) is 20.3. The van der Waals surface area contributed by atoms with Gasteiger partial charge in [0, 0.05) is 18.7 Å². The van der Waals surface area contributed by atoms with Crippen molar-refractivity contribution in [3.8, 4) is 5.75 Å². The van der Waals surface area contributed by atoms with Crippen LogP contribution in [0.4, 0.5) is 0 Å². The number of amides is 1. The lowest BCUT2D eigenvalue weighted by atomic mass is 10.2. The molecule has 3 N–H and O–H groups in total. The standard InChI is InChI=1S/C23H28N4O8S2/c1-32-16-5-3-4-14(6-16)7-24-22(29)20-26-21(28)19-15(13-36-23(19)27-20)9-33-10-18-12-34-17(11-35-18)8-25-37(2,30)31/h3-6,13,17-18,25H,7-12H2,1-2H3,(H,24,29)(H,26,27,28). The molecule has 4 rings (SSSR count). The number of nitrogens with one attached hydrogen (secondary N) is 3. The summed E-state index contributed by atoms with van der Waals surface area (Å²) >= 11 is 1.25. The molecule has 14 heteroatoms. The molecule has 3 heterocycles. The van der Waals surface area contributed by atoms with Crippen LogP contribution in [0.25, 0.3) is 10.2 Å². The molecule has 1 amide bonds. The molecule has 1 aliphatic rings. The molecule has 3 aromatic rings. The van der Waals surface area contributed by atoms with Gasteiger partial charge in [-0.15, -0.1) is 11.3 Å². The molecule has 1 aliphatic heterocycles. The summed E-state index contributed by atoms with van der Waals surface area (Å²) in [6.07, 6.45) is 0.413.